The first kappa shape index (κ1) is 14.1. The fourth-order valence-electron chi connectivity index (χ4n) is 0.641. The van der Waals surface area contributed by atoms with Gasteiger partial charge in [0.2, 0.25) is 0 Å². The zero-order valence-electron chi connectivity index (χ0n) is 7.55. The number of terminal acetylenes is 1. The van der Waals surface area contributed by atoms with Crippen LogP contribution in [-0.2, 0) is 0 Å². The number of nitrogens with zero attached hydrogens (tertiary/aromatic N) is 1. The summed E-state index contributed by atoms with van der Waals surface area (Å²) in [6.07, 6.45) is 5.81. The third-order valence-electron chi connectivity index (χ3n) is 1.13. The lowest BCUT2D eigenvalue weighted by Crippen LogP contribution is -2.37. The van der Waals surface area contributed by atoms with E-state index in [-0.39, 0.29) is 24.0 Å². The minimum atomic E-state index is 0. The third-order valence-corrected chi connectivity index (χ3v) is 1.13. The van der Waals surface area contributed by atoms with Crippen LogP contribution < -0.4 is 10.6 Å². The molecule has 0 aromatic heterocycles. The SMILES string of the molecule is C#CCCNC(=NC)NCC.I. The lowest BCUT2D eigenvalue weighted by Gasteiger charge is -2.07. The molecule has 0 amide bonds. The highest BCUT2D eigenvalue weighted by molar-refractivity contribution is 14.0. The van der Waals surface area contributed by atoms with Crippen LogP contribution in [0.15, 0.2) is 4.99 Å². The molecule has 0 aromatic rings. The van der Waals surface area contributed by atoms with E-state index in [0.29, 0.717) is 0 Å². The summed E-state index contributed by atoms with van der Waals surface area (Å²) in [5, 5.41) is 6.13. The van der Waals surface area contributed by atoms with Crippen LogP contribution in [0.2, 0.25) is 0 Å². The van der Waals surface area contributed by atoms with E-state index >= 15 is 0 Å². The molecule has 0 atom stereocenters. The summed E-state index contributed by atoms with van der Waals surface area (Å²) in [6, 6.07) is 0. The van der Waals surface area contributed by atoms with Crippen LogP contribution in [-0.4, -0.2) is 26.1 Å². The third kappa shape index (κ3) is 7.66. The zero-order chi connectivity index (χ0) is 8.53. The monoisotopic (exact) mass is 281 g/mol. The molecule has 0 bridgehead atoms. The summed E-state index contributed by atoms with van der Waals surface area (Å²) in [7, 11) is 1.74. The van der Waals surface area contributed by atoms with E-state index in [1.165, 1.54) is 0 Å². The largest absolute Gasteiger partial charge is 0.357 e. The molecule has 70 valence electrons. The van der Waals surface area contributed by atoms with Crippen molar-refractivity contribution in [3.63, 3.8) is 0 Å². The number of halogens is 1. The van der Waals surface area contributed by atoms with Gasteiger partial charge in [-0.1, -0.05) is 0 Å². The molecule has 0 aliphatic rings. The highest BCUT2D eigenvalue weighted by Gasteiger charge is 1.90. The fraction of sp³-hybridized carbons (Fsp3) is 0.625. The average molecular weight is 281 g/mol. The van der Waals surface area contributed by atoms with Crippen LogP contribution in [0, 0.1) is 12.3 Å². The van der Waals surface area contributed by atoms with Crippen LogP contribution in [0.1, 0.15) is 13.3 Å². The Kier molecular flexibility index (Phi) is 12.4. The van der Waals surface area contributed by atoms with Crippen molar-refractivity contribution in [3.8, 4) is 12.3 Å². The van der Waals surface area contributed by atoms with Crippen LogP contribution in [0.3, 0.4) is 0 Å². The Morgan fingerprint density at radius 2 is 2.17 bits per heavy atom. The number of guanidine groups is 1. The molecule has 0 fully saturated rings. The Morgan fingerprint density at radius 3 is 2.58 bits per heavy atom. The first-order chi connectivity index (χ1) is 5.35. The maximum absolute atomic E-state index is 5.08. The highest BCUT2D eigenvalue weighted by atomic mass is 127. The molecule has 0 rings (SSSR count). The van der Waals surface area contributed by atoms with Crippen molar-refractivity contribution in [2.45, 2.75) is 13.3 Å². The Balaban J connectivity index is 0. The van der Waals surface area contributed by atoms with Crippen molar-refractivity contribution in [3.05, 3.63) is 0 Å². The smallest absolute Gasteiger partial charge is 0.190 e. The molecule has 12 heavy (non-hydrogen) atoms. The van der Waals surface area contributed by atoms with Gasteiger partial charge in [0.1, 0.15) is 0 Å². The van der Waals surface area contributed by atoms with Crippen LogP contribution in [0.5, 0.6) is 0 Å². The van der Waals surface area contributed by atoms with Crippen molar-refractivity contribution in [1.82, 2.24) is 10.6 Å². The summed E-state index contributed by atoms with van der Waals surface area (Å²) in [5.41, 5.74) is 0. The summed E-state index contributed by atoms with van der Waals surface area (Å²) in [4.78, 5) is 3.98. The molecule has 0 radical (unpaired) electrons. The lowest BCUT2D eigenvalue weighted by atomic mass is 10.4. The van der Waals surface area contributed by atoms with Gasteiger partial charge in [-0.3, -0.25) is 4.99 Å². The first-order valence-electron chi connectivity index (χ1n) is 3.73. The summed E-state index contributed by atoms with van der Waals surface area (Å²) >= 11 is 0. The van der Waals surface area contributed by atoms with Gasteiger partial charge in [0.05, 0.1) is 0 Å². The molecule has 0 heterocycles. The molecular weight excluding hydrogens is 265 g/mol. The molecule has 4 heteroatoms. The Hall–Kier alpha value is -0.440. The quantitative estimate of drug-likeness (QED) is 0.264. The van der Waals surface area contributed by atoms with E-state index in [1.807, 2.05) is 6.92 Å². The van der Waals surface area contributed by atoms with Gasteiger partial charge in [-0.05, 0) is 6.92 Å². The van der Waals surface area contributed by atoms with Crippen molar-refractivity contribution in [1.29, 1.82) is 0 Å². The van der Waals surface area contributed by atoms with E-state index < -0.39 is 0 Å². The zero-order valence-corrected chi connectivity index (χ0v) is 9.88. The van der Waals surface area contributed by atoms with Gasteiger partial charge in [0.15, 0.2) is 5.96 Å². The summed E-state index contributed by atoms with van der Waals surface area (Å²) < 4.78 is 0. The second-order valence-corrected chi connectivity index (χ2v) is 1.98. The van der Waals surface area contributed by atoms with E-state index in [0.717, 1.165) is 25.5 Å². The molecular formula is C8H16IN3. The minimum Gasteiger partial charge on any atom is -0.357 e. The second-order valence-electron chi connectivity index (χ2n) is 1.98. The van der Waals surface area contributed by atoms with Gasteiger partial charge in [0.25, 0.3) is 0 Å². The standard InChI is InChI=1S/C8H15N3.HI/c1-4-6-7-11-8(9-3)10-5-2;/h1H,5-7H2,2-3H3,(H2,9,10,11);1H. The predicted molar refractivity (Wildman–Crippen MR) is 63.9 cm³/mol. The predicted octanol–water partition coefficient (Wildman–Crippen LogP) is 0.813. The molecule has 3 nitrogen and oxygen atoms in total. The Labute approximate surface area is 91.4 Å². The summed E-state index contributed by atoms with van der Waals surface area (Å²) in [5.74, 6) is 3.35. The van der Waals surface area contributed by atoms with Crippen molar-refractivity contribution >= 4 is 29.9 Å². The normalized spacial score (nSPS) is 9.58. The average Bonchev–Trinajstić information content (AvgIpc) is 2.03. The molecule has 0 aliphatic heterocycles. The van der Waals surface area contributed by atoms with Crippen LogP contribution >= 0.6 is 24.0 Å². The molecule has 0 aromatic carbocycles. The fourth-order valence-corrected chi connectivity index (χ4v) is 0.641. The van der Waals surface area contributed by atoms with Gasteiger partial charge in [-0.25, -0.2) is 0 Å². The number of rotatable bonds is 3. The Morgan fingerprint density at radius 1 is 1.50 bits per heavy atom. The minimum absolute atomic E-state index is 0. The van der Waals surface area contributed by atoms with Crippen LogP contribution in [0.25, 0.3) is 0 Å². The van der Waals surface area contributed by atoms with E-state index in [1.54, 1.807) is 7.05 Å². The Bertz CT molecular complexity index is 160. The van der Waals surface area contributed by atoms with Crippen molar-refractivity contribution in [2.75, 3.05) is 20.1 Å². The maximum atomic E-state index is 5.08. The van der Waals surface area contributed by atoms with E-state index in [2.05, 4.69) is 21.5 Å². The summed E-state index contributed by atoms with van der Waals surface area (Å²) in [6.45, 7) is 3.67. The highest BCUT2D eigenvalue weighted by Crippen LogP contribution is 1.71. The van der Waals surface area contributed by atoms with Gasteiger partial charge >= 0.3 is 0 Å². The number of hydrogen-bond acceptors (Lipinski definition) is 1. The number of nitrogens with one attached hydrogen (secondary N) is 2. The topological polar surface area (TPSA) is 36.4 Å². The molecule has 0 saturated carbocycles. The van der Waals surface area contributed by atoms with Gasteiger partial charge in [0, 0.05) is 26.6 Å². The van der Waals surface area contributed by atoms with Gasteiger partial charge in [-0.15, -0.1) is 36.3 Å². The molecule has 0 aliphatic carbocycles. The first-order valence-corrected chi connectivity index (χ1v) is 3.73. The number of hydrogen-bond donors (Lipinski definition) is 2. The van der Waals surface area contributed by atoms with Gasteiger partial charge in [-0.2, -0.15) is 0 Å². The van der Waals surface area contributed by atoms with E-state index in [4.69, 9.17) is 6.42 Å². The number of aliphatic imine (C=N–C) groups is 1. The van der Waals surface area contributed by atoms with Crippen molar-refractivity contribution < 1.29 is 0 Å². The van der Waals surface area contributed by atoms with Gasteiger partial charge < -0.3 is 10.6 Å². The lowest BCUT2D eigenvalue weighted by molar-refractivity contribution is 0.829. The van der Waals surface area contributed by atoms with E-state index in [9.17, 15) is 0 Å². The molecule has 0 unspecified atom stereocenters. The van der Waals surface area contributed by atoms with Crippen molar-refractivity contribution in [2.24, 2.45) is 4.99 Å². The second kappa shape index (κ2) is 10.6. The molecule has 0 saturated heterocycles. The molecule has 0 spiro atoms. The van der Waals surface area contributed by atoms with Crippen LogP contribution in [0.4, 0.5) is 0 Å². The maximum Gasteiger partial charge on any atom is 0.190 e. The molecule has 2 N–H and O–H groups in total.